The summed E-state index contributed by atoms with van der Waals surface area (Å²) in [7, 11) is -1.34. The quantitative estimate of drug-likeness (QED) is 0.124. The van der Waals surface area contributed by atoms with E-state index in [2.05, 4.69) is 66.0 Å². The van der Waals surface area contributed by atoms with E-state index in [1.54, 1.807) is 42.6 Å². The van der Waals surface area contributed by atoms with E-state index < -0.39 is 21.3 Å². The molecule has 5 aromatic carbocycles. The number of hydrogen-bond donors (Lipinski definition) is 0. The summed E-state index contributed by atoms with van der Waals surface area (Å²) in [5, 5.41) is 3.34. The average molecular weight is 848 g/mol. The molecule has 0 spiro atoms. The first-order valence-electron chi connectivity index (χ1n) is 18.7. The Morgan fingerprint density at radius 2 is 1.50 bits per heavy atom. The molecule has 8 aromatic rings. The Kier molecular flexibility index (Phi) is 8.84. The molecule has 50 heavy (non-hydrogen) atoms. The van der Waals surface area contributed by atoms with Crippen molar-refractivity contribution in [2.75, 3.05) is 0 Å². The molecule has 3 nitrogen and oxygen atoms in total. The molecule has 3 heterocycles. The number of aryl methyl sites for hydroxylation is 1. The van der Waals surface area contributed by atoms with E-state index in [0.717, 1.165) is 44.3 Å². The van der Waals surface area contributed by atoms with Crippen molar-refractivity contribution >= 4 is 35.2 Å². The summed E-state index contributed by atoms with van der Waals surface area (Å²) in [4.78, 5) is 9.05. The van der Waals surface area contributed by atoms with E-state index in [9.17, 15) is 0 Å². The normalized spacial score (nSPS) is 13.1. The van der Waals surface area contributed by atoms with Crippen molar-refractivity contribution in [3.63, 3.8) is 0 Å². The van der Waals surface area contributed by atoms with Gasteiger partial charge >= 0.3 is 0 Å². The molecule has 0 saturated carbocycles. The van der Waals surface area contributed by atoms with Gasteiger partial charge in [-0.05, 0) is 51.6 Å². The van der Waals surface area contributed by atoms with Crippen molar-refractivity contribution in [1.29, 1.82) is 0 Å². The Morgan fingerprint density at radius 1 is 0.740 bits per heavy atom. The Hall–Kier alpha value is -4.93. The van der Waals surface area contributed by atoms with Gasteiger partial charge in [0.05, 0.1) is 13.7 Å². The van der Waals surface area contributed by atoms with Crippen molar-refractivity contribution in [3.05, 3.63) is 175 Å². The predicted molar refractivity (Wildman–Crippen MR) is 207 cm³/mol. The van der Waals surface area contributed by atoms with Crippen molar-refractivity contribution in [2.24, 2.45) is 0 Å². The van der Waals surface area contributed by atoms with Gasteiger partial charge < -0.3 is 14.4 Å². The van der Waals surface area contributed by atoms with Crippen LogP contribution in [0.3, 0.4) is 0 Å². The molecule has 5 heteroatoms. The monoisotopic (exact) mass is 848 g/mol. The fourth-order valence-corrected chi connectivity index (χ4v) is 6.76. The van der Waals surface area contributed by atoms with Gasteiger partial charge in [0.2, 0.25) is 0 Å². The Labute approximate surface area is 316 Å². The summed E-state index contributed by atoms with van der Waals surface area (Å²) in [5.74, 6) is 0. The van der Waals surface area contributed by atoms with E-state index in [0.29, 0.717) is 28.0 Å². The maximum Gasteiger partial charge on any atom is 0.120 e. The number of pyridine rings is 2. The molecular formula is C45H38IrN2OSi-2. The minimum Gasteiger partial charge on any atom is -0.501 e. The van der Waals surface area contributed by atoms with Crippen molar-refractivity contribution in [3.8, 4) is 33.6 Å². The molecule has 8 rings (SSSR count). The SMILES string of the molecule is [2H]C([2H])([2H])c1c[c-]c(-c2ccc([Si](C)(C)C)cn2)cc1.[2H]C([2H])(c1ccccc1)c1ccnc(-c2[c-]cc(-c3ccccc3)c3c2oc2ccccc23)c1.[Ir]. The van der Waals surface area contributed by atoms with E-state index in [-0.39, 0.29) is 20.1 Å². The van der Waals surface area contributed by atoms with Crippen LogP contribution in [0.2, 0.25) is 19.6 Å². The van der Waals surface area contributed by atoms with Crippen LogP contribution in [-0.4, -0.2) is 18.0 Å². The van der Waals surface area contributed by atoms with Crippen LogP contribution in [0, 0.1) is 19.0 Å². The topological polar surface area (TPSA) is 38.9 Å². The number of hydrogen-bond acceptors (Lipinski definition) is 3. The standard InChI is InChI=1S/C30H20NO.C15H18NSi.Ir/c1-3-9-21(10-4-1)19-22-17-18-31-27(20-22)25-16-15-24(23-11-5-2-6-12-23)29-26-13-7-8-14-28(26)32-30(25)29;1-12-5-7-13(8-6-12)15-10-9-14(11-16-15)17(2,3)4;/h1-15,17-18,20H,19H2;5-7,9-11H,1-4H3;/q2*-1;/i19D2;1D3;. The average Bonchev–Trinajstić information content (AvgIpc) is 3.58. The number of para-hydroxylation sites is 1. The molecule has 0 aliphatic carbocycles. The fourth-order valence-electron chi connectivity index (χ4n) is 5.72. The van der Waals surface area contributed by atoms with Crippen molar-refractivity contribution in [1.82, 2.24) is 9.97 Å². The minimum absolute atomic E-state index is 0. The molecule has 1 radical (unpaired) electrons. The fraction of sp³-hybridized carbons (Fsp3) is 0.111. The van der Waals surface area contributed by atoms with Gasteiger partial charge in [0, 0.05) is 44.7 Å². The third kappa shape index (κ3) is 7.77. The zero-order chi connectivity index (χ0) is 38.1. The molecule has 0 saturated heterocycles. The molecule has 0 bridgehead atoms. The van der Waals surface area contributed by atoms with Crippen LogP contribution in [0.1, 0.15) is 23.5 Å². The summed E-state index contributed by atoms with van der Waals surface area (Å²) in [5.41, 5.74) is 8.06. The van der Waals surface area contributed by atoms with Gasteiger partial charge in [0.1, 0.15) is 5.58 Å². The van der Waals surface area contributed by atoms with Gasteiger partial charge in [-0.3, -0.25) is 0 Å². The van der Waals surface area contributed by atoms with E-state index >= 15 is 0 Å². The molecule has 0 fully saturated rings. The molecule has 249 valence electrons. The Balaban J connectivity index is 0.000000211. The van der Waals surface area contributed by atoms with Gasteiger partial charge in [0.15, 0.2) is 0 Å². The Bertz CT molecular complexity index is 2480. The van der Waals surface area contributed by atoms with Gasteiger partial charge in [-0.15, -0.1) is 47.5 Å². The smallest absolute Gasteiger partial charge is 0.120 e. The summed E-state index contributed by atoms with van der Waals surface area (Å²) >= 11 is 0. The second-order valence-electron chi connectivity index (χ2n) is 12.8. The van der Waals surface area contributed by atoms with Crippen LogP contribution >= 0.6 is 0 Å². The van der Waals surface area contributed by atoms with Gasteiger partial charge in [-0.2, -0.15) is 0 Å². The number of fused-ring (bicyclic) bond motifs is 3. The van der Waals surface area contributed by atoms with Crippen LogP contribution in [0.25, 0.3) is 55.6 Å². The second-order valence-corrected chi connectivity index (χ2v) is 17.9. The molecule has 0 aliphatic rings. The number of nitrogens with zero attached hydrogens (tertiary/aromatic N) is 2. The number of furan rings is 1. The van der Waals surface area contributed by atoms with E-state index in [1.807, 2.05) is 72.9 Å². The number of rotatable bonds is 6. The predicted octanol–water partition coefficient (Wildman–Crippen LogP) is 11.1. The minimum atomic E-state index is -2.08. The zero-order valence-electron chi connectivity index (χ0n) is 33.0. The molecule has 0 amide bonds. The van der Waals surface area contributed by atoms with Crippen LogP contribution in [0.15, 0.2) is 150 Å². The molecule has 0 atom stereocenters. The molecule has 0 N–H and O–H groups in total. The Morgan fingerprint density at radius 3 is 2.20 bits per heavy atom. The zero-order valence-corrected chi connectivity index (χ0v) is 31.4. The van der Waals surface area contributed by atoms with Crippen LogP contribution < -0.4 is 5.19 Å². The summed E-state index contributed by atoms with van der Waals surface area (Å²) in [6.07, 6.45) is 1.92. The summed E-state index contributed by atoms with van der Waals surface area (Å²) < 4.78 is 45.9. The summed E-state index contributed by atoms with van der Waals surface area (Å²) in [6.45, 7) is 4.76. The van der Waals surface area contributed by atoms with Crippen LogP contribution in [0.5, 0.6) is 0 Å². The maximum absolute atomic E-state index is 8.77. The van der Waals surface area contributed by atoms with Crippen molar-refractivity contribution < 1.29 is 31.4 Å². The van der Waals surface area contributed by atoms with Gasteiger partial charge in [0.25, 0.3) is 0 Å². The first-order valence-corrected chi connectivity index (χ1v) is 19.7. The second kappa shape index (κ2) is 15.3. The number of benzene rings is 5. The third-order valence-electron chi connectivity index (χ3n) is 8.33. The first kappa shape index (κ1) is 28.9. The van der Waals surface area contributed by atoms with Gasteiger partial charge in [-0.25, -0.2) is 0 Å². The molecule has 0 unspecified atom stereocenters. The maximum atomic E-state index is 8.77. The number of aromatic nitrogens is 2. The largest absolute Gasteiger partial charge is 0.501 e. The van der Waals surface area contributed by atoms with Gasteiger partial charge in [-0.1, -0.05) is 140 Å². The van der Waals surface area contributed by atoms with Crippen molar-refractivity contribution in [2.45, 2.75) is 32.9 Å². The third-order valence-corrected chi connectivity index (χ3v) is 10.4. The first-order chi connectivity index (χ1) is 25.8. The molecular weight excluding hydrogens is 805 g/mol. The van der Waals surface area contributed by atoms with E-state index in [1.165, 1.54) is 11.3 Å². The van der Waals surface area contributed by atoms with Crippen LogP contribution in [0.4, 0.5) is 0 Å². The van der Waals surface area contributed by atoms with Crippen LogP contribution in [-0.2, 0) is 26.5 Å². The molecule has 3 aromatic heterocycles. The summed E-state index contributed by atoms with van der Waals surface area (Å²) in [6, 6.07) is 48.3. The molecule has 0 aliphatic heterocycles. The van der Waals surface area contributed by atoms with E-state index in [4.69, 9.17) is 11.3 Å².